The Kier molecular flexibility index (Phi) is 11.5. The number of hydrogen-bond donors (Lipinski definition) is 0. The van der Waals surface area contributed by atoms with Gasteiger partial charge in [-0.25, -0.2) is 0 Å². The number of rotatable bonds is 7. The zero-order valence-electron chi connectivity index (χ0n) is 21.9. The van der Waals surface area contributed by atoms with Gasteiger partial charge in [0, 0.05) is 0 Å². The molecule has 0 aromatic heterocycles. The van der Waals surface area contributed by atoms with Gasteiger partial charge in [-0.3, -0.25) is 0 Å². The molecule has 5 aromatic rings. The molecule has 0 spiro atoms. The van der Waals surface area contributed by atoms with E-state index in [0.29, 0.717) is 0 Å². The van der Waals surface area contributed by atoms with Crippen molar-refractivity contribution in [2.75, 3.05) is 0 Å². The fraction of sp³-hybridized carbons (Fsp3) is 0.0882. The van der Waals surface area contributed by atoms with E-state index in [1.807, 2.05) is 48.8 Å². The van der Waals surface area contributed by atoms with E-state index in [-0.39, 0.29) is 6.10 Å². The molecule has 0 saturated heterocycles. The minimum Gasteiger partial charge on any atom is -0.0622 e. The monoisotopic (exact) mass is 658 g/mol. The second kappa shape index (κ2) is 15.3. The van der Waals surface area contributed by atoms with Crippen LogP contribution in [0.3, 0.4) is 0 Å². The normalized spacial score (nSPS) is 11.0. The summed E-state index contributed by atoms with van der Waals surface area (Å²) in [6, 6.07) is 48.6. The van der Waals surface area contributed by atoms with E-state index < -0.39 is 21.4 Å². The average Bonchev–Trinajstić information content (AvgIpc) is 2.96. The second-order valence-electron chi connectivity index (χ2n) is 8.91. The molecule has 0 N–H and O–H groups in total. The molecule has 39 heavy (non-hydrogen) atoms. The summed E-state index contributed by atoms with van der Waals surface area (Å²) < 4.78 is 7.93. The minimum absolute atomic E-state index is 0.0957. The molecule has 1 nitrogen and oxygen atoms in total. The van der Waals surface area contributed by atoms with Gasteiger partial charge in [0.2, 0.25) is 0 Å². The molecule has 0 atom stereocenters. The number of benzene rings is 5. The molecule has 0 bridgehead atoms. The van der Waals surface area contributed by atoms with Gasteiger partial charge in [-0.05, 0) is 23.8 Å². The molecule has 0 saturated carbocycles. The summed E-state index contributed by atoms with van der Waals surface area (Å²) in [5, 5.41) is 4.19. The third kappa shape index (κ3) is 8.69. The van der Waals surface area contributed by atoms with E-state index in [0.717, 1.165) is 22.4 Å². The first-order chi connectivity index (χ1) is 19.0. The summed E-state index contributed by atoms with van der Waals surface area (Å²) in [5.74, 6) is 0.855. The first-order valence-corrected chi connectivity index (χ1v) is 19.5. The van der Waals surface area contributed by atoms with Crippen LogP contribution in [-0.4, -0.2) is 10.7 Å². The molecule has 0 fully saturated rings. The maximum absolute atomic E-state index is 6.02. The molecule has 0 aliphatic heterocycles. The third-order valence-corrected chi connectivity index (χ3v) is 9.99. The van der Waals surface area contributed by atoms with Crippen LogP contribution in [0.2, 0.25) is 0 Å². The van der Waals surface area contributed by atoms with Crippen molar-refractivity contribution in [3.63, 3.8) is 0 Å². The van der Waals surface area contributed by atoms with Crippen LogP contribution in [0.4, 0.5) is 0 Å². The summed E-state index contributed by atoms with van der Waals surface area (Å²) >= 11 is -1.89. The number of ether oxygens (including phenoxy) is 1. The van der Waals surface area contributed by atoms with Crippen LogP contribution in [-0.2, 0) is 13.5 Å². The third-order valence-electron chi connectivity index (χ3n) is 5.71. The van der Waals surface area contributed by atoms with Crippen molar-refractivity contribution in [3.05, 3.63) is 145 Å². The second-order valence-corrected chi connectivity index (χ2v) is 16.9. The van der Waals surface area contributed by atoms with Crippen molar-refractivity contribution in [2.45, 2.75) is 20.0 Å². The molecule has 5 rings (SSSR count). The molecule has 5 heteroatoms. The van der Waals surface area contributed by atoms with Gasteiger partial charge < -0.3 is 0 Å². The number of para-hydroxylation sites is 1. The van der Waals surface area contributed by atoms with Crippen molar-refractivity contribution < 1.29 is 18.3 Å². The van der Waals surface area contributed by atoms with E-state index >= 15 is 0 Å². The van der Waals surface area contributed by atoms with Crippen molar-refractivity contribution in [1.82, 2.24) is 0 Å². The minimum atomic E-state index is -1.89. The van der Waals surface area contributed by atoms with Gasteiger partial charge >= 0.3 is 133 Å². The largest absolute Gasteiger partial charge is 0.0622 e. The van der Waals surface area contributed by atoms with Gasteiger partial charge in [0.25, 0.3) is 0 Å². The maximum Gasteiger partial charge on any atom is -0.0134 e. The predicted octanol–water partition coefficient (Wildman–Crippen LogP) is 8.66. The van der Waals surface area contributed by atoms with Gasteiger partial charge in [-0.1, -0.05) is 91.0 Å². The van der Waals surface area contributed by atoms with Crippen molar-refractivity contribution in [3.8, 4) is 16.9 Å². The van der Waals surface area contributed by atoms with Gasteiger partial charge in [-0.2, -0.15) is 0 Å². The first kappa shape index (κ1) is 29.4. The van der Waals surface area contributed by atoms with Crippen LogP contribution in [0.1, 0.15) is 19.4 Å². The SMILES string of the molecule is CC(C)Oc1c([CH]=[Ru]([Cl])[Cl])cccc1-c1ccccc1.c1ccc(P(c2ccccc2)c2ccccc2)cc1. The van der Waals surface area contributed by atoms with E-state index in [1.165, 1.54) is 15.9 Å². The zero-order chi connectivity index (χ0) is 27.5. The van der Waals surface area contributed by atoms with Gasteiger partial charge in [0.15, 0.2) is 0 Å². The first-order valence-electron chi connectivity index (χ1n) is 12.7. The molecular weight excluding hydrogens is 627 g/mol. The smallest absolute Gasteiger partial charge is 0.0134 e. The van der Waals surface area contributed by atoms with E-state index in [9.17, 15) is 0 Å². The summed E-state index contributed by atoms with van der Waals surface area (Å²) in [4.78, 5) is 0. The topological polar surface area (TPSA) is 9.23 Å². The number of halogens is 2. The molecular formula is C34H31Cl2OPRu. The van der Waals surface area contributed by atoms with Gasteiger partial charge in [0.05, 0.1) is 0 Å². The summed E-state index contributed by atoms with van der Waals surface area (Å²) in [6.07, 6.45) is 0.0957. The molecule has 200 valence electrons. The Morgan fingerprint density at radius 3 is 1.44 bits per heavy atom. The molecule has 5 aromatic carbocycles. The molecule has 0 heterocycles. The fourth-order valence-corrected chi connectivity index (χ4v) is 8.20. The van der Waals surface area contributed by atoms with Gasteiger partial charge in [-0.15, -0.1) is 0 Å². The predicted molar refractivity (Wildman–Crippen MR) is 170 cm³/mol. The van der Waals surface area contributed by atoms with Crippen molar-refractivity contribution in [1.29, 1.82) is 0 Å². The maximum atomic E-state index is 6.02. The summed E-state index contributed by atoms with van der Waals surface area (Å²) in [6.45, 7) is 4.03. The Hall–Kier alpha value is -2.60. The number of hydrogen-bond acceptors (Lipinski definition) is 1. The van der Waals surface area contributed by atoms with E-state index in [4.69, 9.17) is 24.1 Å². The Balaban J connectivity index is 0.000000181. The zero-order valence-corrected chi connectivity index (χ0v) is 26.0. The summed E-state index contributed by atoms with van der Waals surface area (Å²) in [5.41, 5.74) is 3.17. The van der Waals surface area contributed by atoms with Crippen LogP contribution < -0.4 is 20.7 Å². The van der Waals surface area contributed by atoms with Crippen molar-refractivity contribution >= 4 is 47.8 Å². The standard InChI is InChI=1S/C18H15P.C16H16O.2ClH.Ru/c1-4-10-16(11-5-1)19(17-12-6-2-7-13-17)18-14-8-3-9-15-18;1-12(2)17-16-13(3)8-7-11-15(16)14-9-5-4-6-10-14;;;/h1-15H;3-12H,1-2H3;2*1H;/q;;;;+2/p-2. The molecule has 0 amide bonds. The van der Waals surface area contributed by atoms with Crippen LogP contribution in [0.25, 0.3) is 11.1 Å². The summed E-state index contributed by atoms with van der Waals surface area (Å²) in [7, 11) is 11.6. The van der Waals surface area contributed by atoms with E-state index in [1.54, 1.807) is 0 Å². The molecule has 0 unspecified atom stereocenters. The molecule has 0 aliphatic carbocycles. The quantitative estimate of drug-likeness (QED) is 0.126. The van der Waals surface area contributed by atoms with Crippen LogP contribution >= 0.6 is 27.3 Å². The van der Waals surface area contributed by atoms with Crippen LogP contribution in [0, 0.1) is 0 Å². The van der Waals surface area contributed by atoms with Crippen molar-refractivity contribution in [2.24, 2.45) is 0 Å². The van der Waals surface area contributed by atoms with E-state index in [2.05, 4.69) is 109 Å². The van der Waals surface area contributed by atoms with Crippen LogP contribution in [0.5, 0.6) is 5.75 Å². The Morgan fingerprint density at radius 2 is 1.03 bits per heavy atom. The van der Waals surface area contributed by atoms with Crippen LogP contribution in [0.15, 0.2) is 140 Å². The molecule has 0 radical (unpaired) electrons. The Bertz CT molecular complexity index is 1360. The molecule has 0 aliphatic rings. The fourth-order valence-electron chi connectivity index (χ4n) is 4.11. The average molecular weight is 659 g/mol. The van der Waals surface area contributed by atoms with Gasteiger partial charge in [0.1, 0.15) is 0 Å². The Morgan fingerprint density at radius 1 is 0.590 bits per heavy atom. The Labute approximate surface area is 246 Å².